The second kappa shape index (κ2) is 10.0. The maximum Gasteiger partial charge on any atom is 0.303 e. The van der Waals surface area contributed by atoms with Crippen LogP contribution in [-0.2, 0) is 20.9 Å². The lowest BCUT2D eigenvalue weighted by Gasteiger charge is -2.26. The fourth-order valence-electron chi connectivity index (χ4n) is 2.99. The minimum Gasteiger partial charge on any atom is -0.497 e. The molecule has 138 valence electrons. The van der Waals surface area contributed by atoms with Gasteiger partial charge < -0.3 is 19.5 Å². The number of ether oxygens (including phenoxy) is 2. The van der Waals surface area contributed by atoms with Crippen molar-refractivity contribution in [3.63, 3.8) is 0 Å². The van der Waals surface area contributed by atoms with E-state index >= 15 is 0 Å². The van der Waals surface area contributed by atoms with Crippen molar-refractivity contribution in [3.05, 3.63) is 29.8 Å². The van der Waals surface area contributed by atoms with E-state index in [1.54, 1.807) is 7.11 Å². The van der Waals surface area contributed by atoms with Gasteiger partial charge in [-0.05, 0) is 43.4 Å². The highest BCUT2D eigenvalue weighted by Crippen LogP contribution is 2.19. The van der Waals surface area contributed by atoms with Crippen LogP contribution in [0.15, 0.2) is 24.3 Å². The molecule has 1 fully saturated rings. The Morgan fingerprint density at radius 1 is 1.32 bits per heavy atom. The first-order valence-corrected chi connectivity index (χ1v) is 8.82. The molecule has 1 aromatic carbocycles. The molecule has 1 atom stereocenters. The SMILES string of the molecule is COc1cccc(CN(CC2CCCO2)C(=O)CCCCC(=O)O)c1. The number of benzene rings is 1. The van der Waals surface area contributed by atoms with Gasteiger partial charge in [0, 0.05) is 32.5 Å². The lowest BCUT2D eigenvalue weighted by Crippen LogP contribution is -2.36. The summed E-state index contributed by atoms with van der Waals surface area (Å²) in [5.74, 6) is -0.00720. The number of unbranched alkanes of at least 4 members (excludes halogenated alkanes) is 1. The third kappa shape index (κ3) is 6.74. The quantitative estimate of drug-likeness (QED) is 0.657. The van der Waals surface area contributed by atoms with Crippen molar-refractivity contribution in [2.24, 2.45) is 0 Å². The number of nitrogens with zero attached hydrogens (tertiary/aromatic N) is 1. The average Bonchev–Trinajstić information content (AvgIpc) is 3.11. The van der Waals surface area contributed by atoms with Gasteiger partial charge in [-0.25, -0.2) is 0 Å². The van der Waals surface area contributed by atoms with E-state index in [4.69, 9.17) is 14.6 Å². The van der Waals surface area contributed by atoms with Crippen LogP contribution in [0, 0.1) is 0 Å². The van der Waals surface area contributed by atoms with Crippen molar-refractivity contribution in [2.75, 3.05) is 20.3 Å². The topological polar surface area (TPSA) is 76.1 Å². The zero-order chi connectivity index (χ0) is 18.1. The summed E-state index contributed by atoms with van der Waals surface area (Å²) < 4.78 is 10.9. The molecule has 0 spiro atoms. The number of aliphatic carboxylic acids is 1. The maximum absolute atomic E-state index is 12.6. The monoisotopic (exact) mass is 349 g/mol. The predicted octanol–water partition coefficient (Wildman–Crippen LogP) is 2.85. The Morgan fingerprint density at radius 3 is 2.80 bits per heavy atom. The molecule has 0 bridgehead atoms. The van der Waals surface area contributed by atoms with Crippen LogP contribution in [0.4, 0.5) is 0 Å². The van der Waals surface area contributed by atoms with Crippen LogP contribution in [0.2, 0.25) is 0 Å². The van der Waals surface area contributed by atoms with Gasteiger partial charge in [-0.3, -0.25) is 9.59 Å². The fourth-order valence-corrected chi connectivity index (χ4v) is 2.99. The van der Waals surface area contributed by atoms with Gasteiger partial charge in [-0.2, -0.15) is 0 Å². The zero-order valence-electron chi connectivity index (χ0n) is 14.8. The van der Waals surface area contributed by atoms with Gasteiger partial charge in [-0.1, -0.05) is 12.1 Å². The molecule has 0 aromatic heterocycles. The Kier molecular flexibility index (Phi) is 7.73. The number of hydrogen-bond donors (Lipinski definition) is 1. The van der Waals surface area contributed by atoms with Crippen LogP contribution in [-0.4, -0.2) is 48.2 Å². The minimum absolute atomic E-state index is 0.0451. The smallest absolute Gasteiger partial charge is 0.303 e. The third-order valence-corrected chi connectivity index (χ3v) is 4.34. The Morgan fingerprint density at radius 2 is 2.12 bits per heavy atom. The molecule has 6 heteroatoms. The molecule has 1 aliphatic heterocycles. The fraction of sp³-hybridized carbons (Fsp3) is 0.579. The number of carboxylic acid groups (broad SMARTS) is 1. The summed E-state index contributed by atoms with van der Waals surface area (Å²) in [6, 6.07) is 7.69. The standard InChI is InChI=1S/C19H27NO5/c1-24-16-7-4-6-15(12-16)13-20(14-17-8-5-11-25-17)18(21)9-2-3-10-19(22)23/h4,6-7,12,17H,2-3,5,8-11,13-14H2,1H3,(H,22,23). The van der Waals surface area contributed by atoms with Crippen LogP contribution in [0.1, 0.15) is 44.1 Å². The molecular formula is C19H27NO5. The third-order valence-electron chi connectivity index (χ3n) is 4.34. The lowest BCUT2D eigenvalue weighted by atomic mass is 10.1. The Labute approximate surface area is 148 Å². The van der Waals surface area contributed by atoms with Gasteiger partial charge in [0.25, 0.3) is 0 Å². The molecule has 0 saturated carbocycles. The average molecular weight is 349 g/mol. The van der Waals surface area contributed by atoms with Crippen molar-refractivity contribution >= 4 is 11.9 Å². The summed E-state index contributed by atoms with van der Waals surface area (Å²) in [4.78, 5) is 25.0. The van der Waals surface area contributed by atoms with Crippen molar-refractivity contribution in [3.8, 4) is 5.75 Å². The van der Waals surface area contributed by atoms with Gasteiger partial charge in [0.1, 0.15) is 5.75 Å². The molecule has 1 heterocycles. The summed E-state index contributed by atoms with van der Waals surface area (Å²) >= 11 is 0. The second-order valence-corrected chi connectivity index (χ2v) is 6.36. The molecule has 6 nitrogen and oxygen atoms in total. The number of amides is 1. The van der Waals surface area contributed by atoms with E-state index in [1.165, 1.54) is 0 Å². The Balaban J connectivity index is 1.95. The van der Waals surface area contributed by atoms with Crippen LogP contribution >= 0.6 is 0 Å². The number of methoxy groups -OCH3 is 1. The highest BCUT2D eigenvalue weighted by atomic mass is 16.5. The van der Waals surface area contributed by atoms with E-state index in [1.807, 2.05) is 29.2 Å². The van der Waals surface area contributed by atoms with Crippen molar-refractivity contribution in [2.45, 2.75) is 51.2 Å². The molecule has 25 heavy (non-hydrogen) atoms. The van der Waals surface area contributed by atoms with Crippen molar-refractivity contribution < 1.29 is 24.2 Å². The molecule has 2 rings (SSSR count). The van der Waals surface area contributed by atoms with Gasteiger partial charge in [0.15, 0.2) is 0 Å². The first-order valence-electron chi connectivity index (χ1n) is 8.82. The first kappa shape index (κ1) is 19.2. The summed E-state index contributed by atoms with van der Waals surface area (Å²) in [5.41, 5.74) is 1.01. The molecule has 1 unspecified atom stereocenters. The Bertz CT molecular complexity index is 569. The van der Waals surface area contributed by atoms with Crippen LogP contribution < -0.4 is 4.74 Å². The molecule has 1 amide bonds. The number of carboxylic acids is 1. The van der Waals surface area contributed by atoms with Crippen LogP contribution in [0.3, 0.4) is 0 Å². The highest BCUT2D eigenvalue weighted by molar-refractivity contribution is 5.76. The summed E-state index contributed by atoms with van der Waals surface area (Å²) in [6.45, 7) is 1.84. The first-order chi connectivity index (χ1) is 12.1. The van der Waals surface area contributed by atoms with Crippen molar-refractivity contribution in [1.29, 1.82) is 0 Å². The molecule has 0 aliphatic carbocycles. The van der Waals surface area contributed by atoms with Crippen LogP contribution in [0.5, 0.6) is 5.75 Å². The predicted molar refractivity (Wildman–Crippen MR) is 93.5 cm³/mol. The number of carbonyl (C=O) groups is 2. The van der Waals surface area contributed by atoms with Crippen LogP contribution in [0.25, 0.3) is 0 Å². The second-order valence-electron chi connectivity index (χ2n) is 6.36. The molecule has 1 aromatic rings. The summed E-state index contributed by atoms with van der Waals surface area (Å²) in [5, 5.41) is 8.70. The van der Waals surface area contributed by atoms with Gasteiger partial charge in [0.05, 0.1) is 13.2 Å². The van der Waals surface area contributed by atoms with E-state index in [0.717, 1.165) is 30.8 Å². The largest absolute Gasteiger partial charge is 0.497 e. The van der Waals surface area contributed by atoms with E-state index in [9.17, 15) is 9.59 Å². The molecule has 1 saturated heterocycles. The number of rotatable bonds is 10. The zero-order valence-corrected chi connectivity index (χ0v) is 14.8. The molecular weight excluding hydrogens is 322 g/mol. The number of hydrogen-bond acceptors (Lipinski definition) is 4. The Hall–Kier alpha value is -2.08. The van der Waals surface area contributed by atoms with E-state index in [-0.39, 0.29) is 18.4 Å². The van der Waals surface area contributed by atoms with E-state index < -0.39 is 5.97 Å². The van der Waals surface area contributed by atoms with E-state index in [0.29, 0.717) is 32.4 Å². The lowest BCUT2D eigenvalue weighted by molar-refractivity contribution is -0.138. The summed E-state index contributed by atoms with van der Waals surface area (Å²) in [7, 11) is 1.62. The normalized spacial score (nSPS) is 16.6. The molecule has 0 radical (unpaired) electrons. The van der Waals surface area contributed by atoms with Gasteiger partial charge >= 0.3 is 5.97 Å². The minimum atomic E-state index is -0.819. The molecule has 1 N–H and O–H groups in total. The van der Waals surface area contributed by atoms with Gasteiger partial charge in [-0.15, -0.1) is 0 Å². The maximum atomic E-state index is 12.6. The number of carbonyl (C=O) groups excluding carboxylic acids is 1. The summed E-state index contributed by atoms with van der Waals surface area (Å²) in [6.07, 6.45) is 3.68. The molecule has 1 aliphatic rings. The highest BCUT2D eigenvalue weighted by Gasteiger charge is 2.22. The van der Waals surface area contributed by atoms with E-state index in [2.05, 4.69) is 0 Å². The van der Waals surface area contributed by atoms with Crippen molar-refractivity contribution in [1.82, 2.24) is 4.90 Å². The van der Waals surface area contributed by atoms with Gasteiger partial charge in [0.2, 0.25) is 5.91 Å².